The Hall–Kier alpha value is -3.28. The fraction of sp³-hybridized carbons (Fsp3) is 0.333. The third-order valence-corrected chi connectivity index (χ3v) is 6.42. The van der Waals surface area contributed by atoms with Crippen molar-refractivity contribution in [2.45, 2.75) is 18.5 Å². The Morgan fingerprint density at radius 2 is 1.80 bits per heavy atom. The molecule has 0 unspecified atom stereocenters. The predicted molar refractivity (Wildman–Crippen MR) is 108 cm³/mol. The number of benzene rings is 1. The molecule has 30 heavy (non-hydrogen) atoms. The summed E-state index contributed by atoms with van der Waals surface area (Å²) in [6.07, 6.45) is -0.405. The number of nitrogens with zero attached hydrogens (tertiary/aromatic N) is 4. The second-order valence-electron chi connectivity index (χ2n) is 6.91. The average Bonchev–Trinajstić information content (AvgIpc) is 3.04. The maximum Gasteiger partial charge on any atom is 0.332 e. The molecule has 3 aromatic rings. The van der Waals surface area contributed by atoms with Gasteiger partial charge in [0.15, 0.2) is 11.2 Å². The monoisotopic (exact) mass is 437 g/mol. The van der Waals surface area contributed by atoms with E-state index >= 15 is 0 Å². The van der Waals surface area contributed by atoms with Crippen molar-refractivity contribution >= 4 is 32.6 Å². The van der Waals surface area contributed by atoms with E-state index < -0.39 is 50.1 Å². The predicted octanol–water partition coefficient (Wildman–Crippen LogP) is 0.221. The number of sulfone groups is 1. The molecular weight excluding hydrogens is 417 g/mol. The van der Waals surface area contributed by atoms with Crippen molar-refractivity contribution in [1.29, 1.82) is 0 Å². The lowest BCUT2D eigenvalue weighted by Gasteiger charge is -2.08. The molecule has 1 aromatic carbocycles. The Kier molecular flexibility index (Phi) is 5.37. The summed E-state index contributed by atoms with van der Waals surface area (Å²) in [5.74, 6) is -1.70. The Labute approximate surface area is 170 Å². The van der Waals surface area contributed by atoms with Gasteiger partial charge in [0.25, 0.3) is 5.56 Å². The first kappa shape index (κ1) is 21.4. The number of hydrogen-bond acceptors (Lipinski definition) is 6. The standard InChI is InChI=1S/C18H20FN5O5S/c1-10-5-6-11(9-12(10)19)20-13(25)7-8-30(28,29)17-21-14-15(22(17)2)23(3)18(27)24(4)16(14)26/h5-6,9H,7-8H2,1-4H3,(H,20,25). The minimum Gasteiger partial charge on any atom is -0.326 e. The highest BCUT2D eigenvalue weighted by Gasteiger charge is 2.26. The lowest BCUT2D eigenvalue weighted by Crippen LogP contribution is -2.37. The SMILES string of the molecule is Cc1ccc(NC(=O)CCS(=O)(=O)c2nc3c(=O)n(C)c(=O)n(C)c3n2C)cc1F. The molecule has 2 aromatic heterocycles. The van der Waals surface area contributed by atoms with Crippen LogP contribution >= 0.6 is 0 Å². The molecule has 0 saturated heterocycles. The van der Waals surface area contributed by atoms with E-state index in [0.717, 1.165) is 19.8 Å². The molecule has 0 aliphatic rings. The normalized spacial score (nSPS) is 11.8. The number of carbonyl (C=O) groups excluding carboxylic acids is 1. The van der Waals surface area contributed by atoms with Gasteiger partial charge in [-0.05, 0) is 24.6 Å². The summed E-state index contributed by atoms with van der Waals surface area (Å²) in [6, 6.07) is 4.14. The molecule has 12 heteroatoms. The number of aryl methyl sites for hydroxylation is 3. The van der Waals surface area contributed by atoms with Gasteiger partial charge in [-0.15, -0.1) is 0 Å². The second kappa shape index (κ2) is 7.52. The Bertz CT molecular complexity index is 1400. The molecule has 0 aliphatic heterocycles. The van der Waals surface area contributed by atoms with Gasteiger partial charge in [-0.3, -0.25) is 18.7 Å². The smallest absolute Gasteiger partial charge is 0.326 e. The summed E-state index contributed by atoms with van der Waals surface area (Å²) in [4.78, 5) is 40.5. The number of amides is 1. The number of nitrogens with one attached hydrogen (secondary N) is 1. The molecule has 10 nitrogen and oxygen atoms in total. The third-order valence-electron chi connectivity index (χ3n) is 4.75. The van der Waals surface area contributed by atoms with Crippen LogP contribution in [0.3, 0.4) is 0 Å². The molecule has 160 valence electrons. The number of rotatable bonds is 5. The van der Waals surface area contributed by atoms with Gasteiger partial charge in [-0.25, -0.2) is 22.6 Å². The highest BCUT2D eigenvalue weighted by atomic mass is 32.2. The molecule has 0 spiro atoms. The first-order valence-corrected chi connectivity index (χ1v) is 10.5. The Morgan fingerprint density at radius 3 is 2.43 bits per heavy atom. The lowest BCUT2D eigenvalue weighted by molar-refractivity contribution is -0.115. The first-order chi connectivity index (χ1) is 13.9. The highest BCUT2D eigenvalue weighted by Crippen LogP contribution is 2.17. The van der Waals surface area contributed by atoms with Gasteiger partial charge in [-0.2, -0.15) is 0 Å². The number of fused-ring (bicyclic) bond motifs is 1. The van der Waals surface area contributed by atoms with E-state index in [-0.39, 0.29) is 16.9 Å². The highest BCUT2D eigenvalue weighted by molar-refractivity contribution is 7.91. The fourth-order valence-electron chi connectivity index (χ4n) is 3.05. The summed E-state index contributed by atoms with van der Waals surface area (Å²) in [6.45, 7) is 1.58. The lowest BCUT2D eigenvalue weighted by atomic mass is 10.2. The van der Waals surface area contributed by atoms with Gasteiger partial charge in [0.2, 0.25) is 20.9 Å². The second-order valence-corrected chi connectivity index (χ2v) is 8.92. The molecule has 0 atom stereocenters. The van der Waals surface area contributed by atoms with Crippen LogP contribution in [0.25, 0.3) is 11.2 Å². The Morgan fingerprint density at radius 1 is 1.13 bits per heavy atom. The summed E-state index contributed by atoms with van der Waals surface area (Å²) in [5.41, 5.74) is -0.824. The number of carbonyl (C=O) groups is 1. The van der Waals surface area contributed by atoms with E-state index in [9.17, 15) is 27.2 Å². The summed E-state index contributed by atoms with van der Waals surface area (Å²) in [5, 5.41) is 2.01. The molecule has 3 rings (SSSR count). The molecule has 0 bridgehead atoms. The van der Waals surface area contributed by atoms with Crippen molar-refractivity contribution in [2.24, 2.45) is 21.1 Å². The van der Waals surface area contributed by atoms with E-state index in [1.807, 2.05) is 0 Å². The quantitative estimate of drug-likeness (QED) is 0.609. The molecule has 2 heterocycles. The van der Waals surface area contributed by atoms with E-state index in [1.54, 1.807) is 6.92 Å². The molecular formula is C18H20FN5O5S. The fourth-order valence-corrected chi connectivity index (χ4v) is 4.42. The topological polar surface area (TPSA) is 125 Å². The van der Waals surface area contributed by atoms with Gasteiger partial charge in [0, 0.05) is 33.3 Å². The van der Waals surface area contributed by atoms with Crippen LogP contribution in [-0.2, 0) is 35.8 Å². The maximum atomic E-state index is 13.6. The molecule has 0 aliphatic carbocycles. The molecule has 1 amide bonds. The zero-order chi connectivity index (χ0) is 22.4. The van der Waals surface area contributed by atoms with Crippen molar-refractivity contribution < 1.29 is 17.6 Å². The number of hydrogen-bond donors (Lipinski definition) is 1. The number of aromatic nitrogens is 4. The van der Waals surface area contributed by atoms with Gasteiger partial charge < -0.3 is 9.88 Å². The zero-order valence-corrected chi connectivity index (χ0v) is 17.6. The minimum absolute atomic E-state index is 0.0567. The van der Waals surface area contributed by atoms with Crippen LogP contribution in [0.1, 0.15) is 12.0 Å². The summed E-state index contributed by atoms with van der Waals surface area (Å²) < 4.78 is 42.2. The van der Waals surface area contributed by atoms with E-state index in [1.165, 1.54) is 33.3 Å². The largest absolute Gasteiger partial charge is 0.332 e. The van der Waals surface area contributed by atoms with Gasteiger partial charge in [0.1, 0.15) is 5.82 Å². The molecule has 0 radical (unpaired) electrons. The van der Waals surface area contributed by atoms with Crippen molar-refractivity contribution in [3.05, 3.63) is 50.4 Å². The van der Waals surface area contributed by atoms with Crippen LogP contribution in [0.5, 0.6) is 0 Å². The van der Waals surface area contributed by atoms with Crippen molar-refractivity contribution in [3.8, 4) is 0 Å². The minimum atomic E-state index is -4.06. The number of anilines is 1. The van der Waals surface area contributed by atoms with Crippen molar-refractivity contribution in [3.63, 3.8) is 0 Å². The number of imidazole rings is 1. The van der Waals surface area contributed by atoms with Crippen molar-refractivity contribution in [1.82, 2.24) is 18.7 Å². The third kappa shape index (κ3) is 3.65. The van der Waals surface area contributed by atoms with E-state index in [0.29, 0.717) is 5.56 Å². The van der Waals surface area contributed by atoms with Crippen LogP contribution in [0, 0.1) is 12.7 Å². The van der Waals surface area contributed by atoms with E-state index in [2.05, 4.69) is 10.3 Å². The first-order valence-electron chi connectivity index (χ1n) is 8.85. The van der Waals surface area contributed by atoms with Gasteiger partial charge >= 0.3 is 5.69 Å². The average molecular weight is 437 g/mol. The van der Waals surface area contributed by atoms with Crippen LogP contribution in [0.15, 0.2) is 32.9 Å². The van der Waals surface area contributed by atoms with Gasteiger partial charge in [-0.1, -0.05) is 6.07 Å². The van der Waals surface area contributed by atoms with Gasteiger partial charge in [0.05, 0.1) is 5.75 Å². The van der Waals surface area contributed by atoms with E-state index in [4.69, 9.17) is 0 Å². The van der Waals surface area contributed by atoms with Crippen LogP contribution in [-0.4, -0.2) is 38.8 Å². The number of halogens is 1. The summed E-state index contributed by atoms with van der Waals surface area (Å²) >= 11 is 0. The maximum absolute atomic E-state index is 13.6. The molecule has 0 fully saturated rings. The van der Waals surface area contributed by atoms with Crippen LogP contribution < -0.4 is 16.6 Å². The van der Waals surface area contributed by atoms with Crippen molar-refractivity contribution in [2.75, 3.05) is 11.1 Å². The summed E-state index contributed by atoms with van der Waals surface area (Å²) in [7, 11) is -0.0214. The molecule has 1 N–H and O–H groups in total. The zero-order valence-electron chi connectivity index (χ0n) is 16.8. The molecule has 0 saturated carbocycles. The Balaban J connectivity index is 1.87. The van der Waals surface area contributed by atoms with Crippen LogP contribution in [0.4, 0.5) is 10.1 Å². The van der Waals surface area contributed by atoms with Crippen LogP contribution in [0.2, 0.25) is 0 Å².